The van der Waals surface area contributed by atoms with Crippen LogP contribution in [0.4, 0.5) is 0 Å². The Kier molecular flexibility index (Phi) is 2.68. The number of ether oxygens (including phenoxy) is 3. The number of hydrogen-bond donors (Lipinski definition) is 1. The second kappa shape index (κ2) is 4.20. The van der Waals surface area contributed by atoms with E-state index in [1.54, 1.807) is 0 Å². The van der Waals surface area contributed by atoms with Gasteiger partial charge in [0.2, 0.25) is 6.79 Å². The summed E-state index contributed by atoms with van der Waals surface area (Å²) in [5.74, 6) is 1.63. The molecule has 2 heterocycles. The van der Waals surface area contributed by atoms with Crippen molar-refractivity contribution >= 4 is 0 Å². The predicted octanol–water partition coefficient (Wildman–Crippen LogP) is 1.46. The molecule has 1 saturated heterocycles. The van der Waals surface area contributed by atoms with E-state index in [2.05, 4.69) is 6.07 Å². The standard InChI is InChI=1S/C13H16O4/c14-5-1-4-13(7-15-8-13)10-2-3-11-12(6-10)17-9-16-11/h2-3,6,14H,1,4-5,7-9H2. The van der Waals surface area contributed by atoms with Crippen LogP contribution < -0.4 is 9.47 Å². The summed E-state index contributed by atoms with van der Waals surface area (Å²) >= 11 is 0. The van der Waals surface area contributed by atoms with E-state index in [4.69, 9.17) is 19.3 Å². The first-order chi connectivity index (χ1) is 8.34. The fraction of sp³-hybridized carbons (Fsp3) is 0.538. The van der Waals surface area contributed by atoms with Crippen molar-refractivity contribution in [2.45, 2.75) is 18.3 Å². The van der Waals surface area contributed by atoms with Crippen LogP contribution in [0.5, 0.6) is 11.5 Å². The third-order valence-electron chi connectivity index (χ3n) is 3.56. The molecule has 2 aliphatic rings. The van der Waals surface area contributed by atoms with Crippen LogP contribution in [0.3, 0.4) is 0 Å². The summed E-state index contributed by atoms with van der Waals surface area (Å²) in [6, 6.07) is 6.08. The average molecular weight is 236 g/mol. The highest BCUT2D eigenvalue weighted by Gasteiger charge is 2.40. The maximum absolute atomic E-state index is 8.97. The topological polar surface area (TPSA) is 47.9 Å². The normalized spacial score (nSPS) is 20.1. The second-order valence-electron chi connectivity index (χ2n) is 4.67. The SMILES string of the molecule is OCCCC1(c2ccc3c(c2)OCO3)COC1. The molecule has 3 rings (SSSR count). The molecule has 1 fully saturated rings. The molecule has 0 atom stereocenters. The van der Waals surface area contributed by atoms with E-state index in [-0.39, 0.29) is 12.0 Å². The molecule has 1 N–H and O–H groups in total. The van der Waals surface area contributed by atoms with Gasteiger partial charge in [-0.3, -0.25) is 0 Å². The molecule has 0 spiro atoms. The van der Waals surface area contributed by atoms with Crippen LogP contribution in [0.25, 0.3) is 0 Å². The van der Waals surface area contributed by atoms with Crippen molar-refractivity contribution in [1.29, 1.82) is 0 Å². The van der Waals surface area contributed by atoms with E-state index >= 15 is 0 Å². The summed E-state index contributed by atoms with van der Waals surface area (Å²) in [5, 5.41) is 8.97. The van der Waals surface area contributed by atoms with Crippen LogP contribution in [0.1, 0.15) is 18.4 Å². The zero-order chi connectivity index (χ0) is 11.7. The van der Waals surface area contributed by atoms with Gasteiger partial charge < -0.3 is 19.3 Å². The van der Waals surface area contributed by atoms with Crippen molar-refractivity contribution in [3.63, 3.8) is 0 Å². The minimum atomic E-state index is 0.0592. The van der Waals surface area contributed by atoms with Crippen LogP contribution >= 0.6 is 0 Å². The Bertz CT molecular complexity index is 412. The number of rotatable bonds is 4. The van der Waals surface area contributed by atoms with E-state index in [1.807, 2.05) is 12.1 Å². The Hall–Kier alpha value is -1.26. The van der Waals surface area contributed by atoms with Crippen molar-refractivity contribution in [2.75, 3.05) is 26.6 Å². The highest BCUT2D eigenvalue weighted by Crippen LogP contribution is 2.41. The Labute approximate surface area is 100 Å². The minimum Gasteiger partial charge on any atom is -0.454 e. The molecular weight excluding hydrogens is 220 g/mol. The fourth-order valence-electron chi connectivity index (χ4n) is 2.45. The molecule has 0 aliphatic carbocycles. The minimum absolute atomic E-state index is 0.0592. The van der Waals surface area contributed by atoms with Gasteiger partial charge in [0.1, 0.15) is 0 Å². The van der Waals surface area contributed by atoms with Crippen LogP contribution in [-0.4, -0.2) is 31.7 Å². The summed E-state index contributed by atoms with van der Waals surface area (Å²) in [5.41, 5.74) is 1.28. The highest BCUT2D eigenvalue weighted by molar-refractivity contribution is 5.47. The molecule has 17 heavy (non-hydrogen) atoms. The Balaban J connectivity index is 1.86. The molecule has 1 aromatic rings. The van der Waals surface area contributed by atoms with Crippen LogP contribution in [0.2, 0.25) is 0 Å². The number of hydrogen-bond acceptors (Lipinski definition) is 4. The molecule has 0 radical (unpaired) electrons. The van der Waals surface area contributed by atoms with E-state index in [9.17, 15) is 0 Å². The van der Waals surface area contributed by atoms with Crippen LogP contribution in [-0.2, 0) is 10.2 Å². The highest BCUT2D eigenvalue weighted by atomic mass is 16.7. The smallest absolute Gasteiger partial charge is 0.231 e. The Morgan fingerprint density at radius 1 is 1.18 bits per heavy atom. The summed E-state index contributed by atoms with van der Waals surface area (Å²) < 4.78 is 16.1. The van der Waals surface area contributed by atoms with Gasteiger partial charge in [-0.05, 0) is 30.5 Å². The van der Waals surface area contributed by atoms with Gasteiger partial charge in [-0.15, -0.1) is 0 Å². The zero-order valence-electron chi connectivity index (χ0n) is 9.65. The third kappa shape index (κ3) is 1.77. The summed E-state index contributed by atoms with van der Waals surface area (Å²) in [7, 11) is 0. The van der Waals surface area contributed by atoms with Gasteiger partial charge in [-0.2, -0.15) is 0 Å². The molecule has 0 bridgehead atoms. The first kappa shape index (κ1) is 10.9. The van der Waals surface area contributed by atoms with Gasteiger partial charge in [0, 0.05) is 12.0 Å². The predicted molar refractivity (Wildman–Crippen MR) is 61.4 cm³/mol. The van der Waals surface area contributed by atoms with Crippen molar-refractivity contribution < 1.29 is 19.3 Å². The van der Waals surface area contributed by atoms with Crippen molar-refractivity contribution in [2.24, 2.45) is 0 Å². The van der Waals surface area contributed by atoms with E-state index in [0.29, 0.717) is 6.79 Å². The maximum Gasteiger partial charge on any atom is 0.231 e. The van der Waals surface area contributed by atoms with E-state index in [0.717, 1.165) is 37.6 Å². The van der Waals surface area contributed by atoms with E-state index < -0.39 is 0 Å². The number of aliphatic hydroxyl groups is 1. The molecule has 0 aromatic heterocycles. The van der Waals surface area contributed by atoms with Crippen molar-refractivity contribution in [3.8, 4) is 11.5 Å². The maximum atomic E-state index is 8.97. The number of aliphatic hydroxyl groups excluding tert-OH is 1. The van der Waals surface area contributed by atoms with Gasteiger partial charge in [0.05, 0.1) is 13.2 Å². The van der Waals surface area contributed by atoms with Gasteiger partial charge in [-0.1, -0.05) is 6.07 Å². The number of benzene rings is 1. The molecule has 0 unspecified atom stereocenters. The average Bonchev–Trinajstić information content (AvgIpc) is 2.75. The molecule has 4 nitrogen and oxygen atoms in total. The fourth-order valence-corrected chi connectivity index (χ4v) is 2.45. The quantitative estimate of drug-likeness (QED) is 0.859. The summed E-state index contributed by atoms with van der Waals surface area (Å²) in [6.45, 7) is 1.99. The second-order valence-corrected chi connectivity index (χ2v) is 4.67. The van der Waals surface area contributed by atoms with Crippen LogP contribution in [0, 0.1) is 0 Å². The van der Waals surface area contributed by atoms with Crippen LogP contribution in [0.15, 0.2) is 18.2 Å². The van der Waals surface area contributed by atoms with Gasteiger partial charge >= 0.3 is 0 Å². The molecule has 1 aromatic carbocycles. The molecule has 2 aliphatic heterocycles. The molecule has 0 saturated carbocycles. The van der Waals surface area contributed by atoms with Crippen molar-refractivity contribution in [3.05, 3.63) is 23.8 Å². The molecular formula is C13H16O4. The Morgan fingerprint density at radius 3 is 2.71 bits per heavy atom. The lowest BCUT2D eigenvalue weighted by atomic mass is 9.75. The first-order valence-corrected chi connectivity index (χ1v) is 5.93. The third-order valence-corrected chi connectivity index (χ3v) is 3.56. The first-order valence-electron chi connectivity index (χ1n) is 5.93. The lowest BCUT2D eigenvalue weighted by Crippen LogP contribution is -2.46. The largest absolute Gasteiger partial charge is 0.454 e. The van der Waals surface area contributed by atoms with Gasteiger partial charge in [-0.25, -0.2) is 0 Å². The number of fused-ring (bicyclic) bond motifs is 1. The van der Waals surface area contributed by atoms with Gasteiger partial charge in [0.25, 0.3) is 0 Å². The monoisotopic (exact) mass is 236 g/mol. The summed E-state index contributed by atoms with van der Waals surface area (Å²) in [4.78, 5) is 0. The molecule has 0 amide bonds. The molecule has 92 valence electrons. The summed E-state index contributed by atoms with van der Waals surface area (Å²) in [6.07, 6.45) is 1.75. The van der Waals surface area contributed by atoms with Crippen molar-refractivity contribution in [1.82, 2.24) is 0 Å². The van der Waals surface area contributed by atoms with Gasteiger partial charge in [0.15, 0.2) is 11.5 Å². The Morgan fingerprint density at radius 2 is 2.00 bits per heavy atom. The molecule has 4 heteroatoms. The lowest BCUT2D eigenvalue weighted by molar-refractivity contribution is -0.0665. The lowest BCUT2D eigenvalue weighted by Gasteiger charge is -2.42. The van der Waals surface area contributed by atoms with E-state index in [1.165, 1.54) is 5.56 Å². The zero-order valence-corrected chi connectivity index (χ0v) is 9.65.